The van der Waals surface area contributed by atoms with Crippen molar-refractivity contribution in [3.8, 4) is 5.75 Å². The molecule has 0 spiro atoms. The van der Waals surface area contributed by atoms with E-state index in [0.717, 1.165) is 24.5 Å². The van der Waals surface area contributed by atoms with E-state index >= 15 is 0 Å². The fourth-order valence-electron chi connectivity index (χ4n) is 1.49. The van der Waals surface area contributed by atoms with Gasteiger partial charge in [0.1, 0.15) is 11.6 Å². The standard InChI is InChI=1S/C10H11ClN2O/c1-6-4-7(9(14)8(11)5-6)10-12-2-3-13-10/h4-5,14H,2-3H2,1H3,(H,12,13). The molecule has 1 aliphatic heterocycles. The van der Waals surface area contributed by atoms with Crippen molar-refractivity contribution in [3.63, 3.8) is 0 Å². The number of aryl methyl sites for hydroxylation is 1. The molecular formula is C10H11ClN2O. The molecule has 1 heterocycles. The highest BCUT2D eigenvalue weighted by molar-refractivity contribution is 6.32. The third kappa shape index (κ3) is 1.55. The number of hydrogen-bond acceptors (Lipinski definition) is 3. The summed E-state index contributed by atoms with van der Waals surface area (Å²) in [5.74, 6) is 0.832. The summed E-state index contributed by atoms with van der Waals surface area (Å²) < 4.78 is 0. The lowest BCUT2D eigenvalue weighted by Crippen LogP contribution is -2.19. The van der Waals surface area contributed by atoms with Gasteiger partial charge in [0.25, 0.3) is 0 Å². The summed E-state index contributed by atoms with van der Waals surface area (Å²) >= 11 is 5.86. The van der Waals surface area contributed by atoms with Crippen LogP contribution in [0.3, 0.4) is 0 Å². The van der Waals surface area contributed by atoms with Crippen LogP contribution in [0, 0.1) is 6.92 Å². The molecule has 0 radical (unpaired) electrons. The van der Waals surface area contributed by atoms with Gasteiger partial charge in [0.2, 0.25) is 0 Å². The lowest BCUT2D eigenvalue weighted by molar-refractivity contribution is 0.474. The molecule has 74 valence electrons. The van der Waals surface area contributed by atoms with Gasteiger partial charge < -0.3 is 10.4 Å². The first-order valence-electron chi connectivity index (χ1n) is 4.46. The maximum atomic E-state index is 9.73. The Morgan fingerprint density at radius 1 is 1.50 bits per heavy atom. The van der Waals surface area contributed by atoms with Crippen LogP contribution in [0.15, 0.2) is 17.1 Å². The summed E-state index contributed by atoms with van der Waals surface area (Å²) in [6.45, 7) is 3.50. The van der Waals surface area contributed by atoms with E-state index in [2.05, 4.69) is 10.3 Å². The number of hydrogen-bond donors (Lipinski definition) is 2. The van der Waals surface area contributed by atoms with Crippen LogP contribution >= 0.6 is 11.6 Å². The number of benzene rings is 1. The lowest BCUT2D eigenvalue weighted by atomic mass is 10.1. The molecule has 2 rings (SSSR count). The fraction of sp³-hybridized carbons (Fsp3) is 0.300. The minimum absolute atomic E-state index is 0.102. The summed E-state index contributed by atoms with van der Waals surface area (Å²) in [4.78, 5) is 4.24. The van der Waals surface area contributed by atoms with E-state index in [-0.39, 0.29) is 5.75 Å². The summed E-state index contributed by atoms with van der Waals surface area (Å²) in [5, 5.41) is 13.2. The highest BCUT2D eigenvalue weighted by Crippen LogP contribution is 2.29. The van der Waals surface area contributed by atoms with E-state index in [4.69, 9.17) is 11.6 Å². The van der Waals surface area contributed by atoms with Crippen LogP contribution in [0.4, 0.5) is 0 Å². The van der Waals surface area contributed by atoms with Crippen molar-refractivity contribution in [2.75, 3.05) is 13.1 Å². The van der Waals surface area contributed by atoms with Crippen LogP contribution in [-0.4, -0.2) is 24.0 Å². The molecule has 0 fully saturated rings. The first-order chi connectivity index (χ1) is 6.68. The molecule has 1 aliphatic rings. The molecule has 0 atom stereocenters. The first kappa shape index (κ1) is 9.34. The largest absolute Gasteiger partial charge is 0.506 e. The zero-order valence-electron chi connectivity index (χ0n) is 7.84. The monoisotopic (exact) mass is 210 g/mol. The van der Waals surface area contributed by atoms with Crippen LogP contribution in [0.2, 0.25) is 5.02 Å². The molecule has 0 aliphatic carbocycles. The molecule has 0 aromatic heterocycles. The predicted octanol–water partition coefficient (Wildman–Crippen LogP) is 1.70. The van der Waals surface area contributed by atoms with Crippen LogP contribution < -0.4 is 5.32 Å². The van der Waals surface area contributed by atoms with E-state index < -0.39 is 0 Å². The second kappa shape index (κ2) is 3.50. The minimum atomic E-state index is 0.102. The first-order valence-corrected chi connectivity index (χ1v) is 4.84. The lowest BCUT2D eigenvalue weighted by Gasteiger charge is -2.07. The van der Waals surface area contributed by atoms with Crippen molar-refractivity contribution >= 4 is 17.4 Å². The van der Waals surface area contributed by atoms with Crippen molar-refractivity contribution in [1.82, 2.24) is 5.32 Å². The van der Waals surface area contributed by atoms with Gasteiger partial charge in [-0.25, -0.2) is 0 Å². The Bertz CT molecular complexity index is 401. The topological polar surface area (TPSA) is 44.6 Å². The Labute approximate surface area is 87.4 Å². The van der Waals surface area contributed by atoms with Gasteiger partial charge in [-0.15, -0.1) is 0 Å². The van der Waals surface area contributed by atoms with Crippen molar-refractivity contribution in [2.24, 2.45) is 4.99 Å². The highest BCUT2D eigenvalue weighted by atomic mass is 35.5. The van der Waals surface area contributed by atoms with Gasteiger partial charge in [0.15, 0.2) is 0 Å². The molecule has 0 amide bonds. The number of aliphatic imine (C=N–C) groups is 1. The van der Waals surface area contributed by atoms with Crippen molar-refractivity contribution in [2.45, 2.75) is 6.92 Å². The van der Waals surface area contributed by atoms with Crippen LogP contribution in [0.1, 0.15) is 11.1 Å². The smallest absolute Gasteiger partial charge is 0.145 e. The Balaban J connectivity index is 2.51. The van der Waals surface area contributed by atoms with Gasteiger partial charge in [-0.2, -0.15) is 0 Å². The second-order valence-electron chi connectivity index (χ2n) is 3.30. The van der Waals surface area contributed by atoms with Gasteiger partial charge in [0, 0.05) is 6.54 Å². The number of phenolic OH excluding ortho intramolecular Hbond substituents is 1. The number of aromatic hydroxyl groups is 1. The molecule has 2 N–H and O–H groups in total. The molecule has 14 heavy (non-hydrogen) atoms. The number of halogens is 1. The Kier molecular flexibility index (Phi) is 2.33. The summed E-state index contributed by atoms with van der Waals surface area (Å²) in [6, 6.07) is 3.61. The number of nitrogens with one attached hydrogen (secondary N) is 1. The van der Waals surface area contributed by atoms with Crippen molar-refractivity contribution < 1.29 is 5.11 Å². The van der Waals surface area contributed by atoms with Gasteiger partial charge in [-0.05, 0) is 24.6 Å². The summed E-state index contributed by atoms with van der Waals surface area (Å²) in [6.07, 6.45) is 0. The van der Waals surface area contributed by atoms with Crippen molar-refractivity contribution in [3.05, 3.63) is 28.3 Å². The van der Waals surface area contributed by atoms with Gasteiger partial charge in [0.05, 0.1) is 17.1 Å². The normalized spacial score (nSPS) is 15.1. The van der Waals surface area contributed by atoms with Gasteiger partial charge in [-0.3, -0.25) is 4.99 Å². The third-order valence-electron chi connectivity index (χ3n) is 2.14. The molecule has 0 saturated heterocycles. The third-order valence-corrected chi connectivity index (χ3v) is 2.43. The van der Waals surface area contributed by atoms with Crippen LogP contribution in [0.5, 0.6) is 5.75 Å². The van der Waals surface area contributed by atoms with Crippen LogP contribution in [-0.2, 0) is 0 Å². The number of nitrogens with zero attached hydrogens (tertiary/aromatic N) is 1. The quantitative estimate of drug-likeness (QED) is 0.741. The Morgan fingerprint density at radius 2 is 2.29 bits per heavy atom. The van der Waals surface area contributed by atoms with Crippen LogP contribution in [0.25, 0.3) is 0 Å². The predicted molar refractivity (Wildman–Crippen MR) is 57.3 cm³/mol. The average Bonchev–Trinajstić information content (AvgIpc) is 2.63. The molecule has 0 unspecified atom stereocenters. The number of amidine groups is 1. The zero-order valence-corrected chi connectivity index (χ0v) is 8.60. The van der Waals surface area contributed by atoms with E-state index in [0.29, 0.717) is 10.6 Å². The maximum Gasteiger partial charge on any atom is 0.145 e. The van der Waals surface area contributed by atoms with E-state index in [9.17, 15) is 5.11 Å². The molecule has 0 bridgehead atoms. The fourth-order valence-corrected chi connectivity index (χ4v) is 1.77. The number of phenols is 1. The molecule has 3 nitrogen and oxygen atoms in total. The van der Waals surface area contributed by atoms with E-state index in [1.807, 2.05) is 13.0 Å². The molecule has 1 aromatic rings. The SMILES string of the molecule is Cc1cc(Cl)c(O)c(C2=NCCN2)c1. The Morgan fingerprint density at radius 3 is 2.93 bits per heavy atom. The summed E-state index contributed by atoms with van der Waals surface area (Å²) in [5.41, 5.74) is 1.70. The van der Waals surface area contributed by atoms with Gasteiger partial charge in [-0.1, -0.05) is 11.6 Å². The molecule has 1 aromatic carbocycles. The highest BCUT2D eigenvalue weighted by Gasteiger charge is 2.14. The van der Waals surface area contributed by atoms with Gasteiger partial charge >= 0.3 is 0 Å². The molecular weight excluding hydrogens is 200 g/mol. The minimum Gasteiger partial charge on any atom is -0.506 e. The van der Waals surface area contributed by atoms with E-state index in [1.54, 1.807) is 6.07 Å². The molecule has 4 heteroatoms. The Hall–Kier alpha value is -1.22. The summed E-state index contributed by atoms with van der Waals surface area (Å²) in [7, 11) is 0. The van der Waals surface area contributed by atoms with Crippen molar-refractivity contribution in [1.29, 1.82) is 0 Å². The zero-order chi connectivity index (χ0) is 10.1. The second-order valence-corrected chi connectivity index (χ2v) is 3.71. The number of rotatable bonds is 1. The average molecular weight is 211 g/mol. The van der Waals surface area contributed by atoms with E-state index in [1.165, 1.54) is 0 Å². The maximum absolute atomic E-state index is 9.73. The molecule has 0 saturated carbocycles.